The largest absolute Gasteiger partial charge is 0.452 e. The number of azide groups is 1. The van der Waals surface area contributed by atoms with Crippen molar-refractivity contribution in [1.82, 2.24) is 0 Å². The zero-order valence-electron chi connectivity index (χ0n) is 22.5. The van der Waals surface area contributed by atoms with E-state index in [1.807, 2.05) is 0 Å². The van der Waals surface area contributed by atoms with Crippen molar-refractivity contribution in [2.24, 2.45) is 5.11 Å². The molecule has 3 aromatic rings. The van der Waals surface area contributed by atoms with Crippen molar-refractivity contribution in [3.05, 3.63) is 112 Å². The number of aliphatic hydroxyl groups is 1. The zero-order chi connectivity index (χ0) is 30.3. The average molecular weight is 598 g/mol. The summed E-state index contributed by atoms with van der Waals surface area (Å²) in [7, 11) is -3.67. The van der Waals surface area contributed by atoms with Gasteiger partial charge in [0.25, 0.3) is 10.1 Å². The quantitative estimate of drug-likeness (QED) is 0.0906. The number of rotatable bonds is 10. The van der Waals surface area contributed by atoms with Crippen LogP contribution in [0.3, 0.4) is 0 Å². The Bertz CT molecular complexity index is 1550. The summed E-state index contributed by atoms with van der Waals surface area (Å²) >= 11 is 0. The van der Waals surface area contributed by atoms with Gasteiger partial charge in [-0.15, -0.1) is 0 Å². The first kappa shape index (κ1) is 30.7. The number of aryl methyl sites for hydroxylation is 1. The molecule has 13 nitrogen and oxygen atoms in total. The number of ether oxygens (including phenoxy) is 4. The highest BCUT2D eigenvalue weighted by Gasteiger charge is 2.60. The van der Waals surface area contributed by atoms with Gasteiger partial charge in [-0.05, 0) is 48.9 Å². The molecule has 1 fully saturated rings. The van der Waals surface area contributed by atoms with Gasteiger partial charge in [-0.2, -0.15) is 8.42 Å². The summed E-state index contributed by atoms with van der Waals surface area (Å²) < 4.78 is 54.3. The Morgan fingerprint density at radius 3 is 1.95 bits per heavy atom. The molecule has 0 radical (unpaired) electrons. The zero-order valence-corrected chi connectivity index (χ0v) is 23.3. The fraction of sp³-hybridized carbons (Fsp3) is 0.286. The summed E-state index contributed by atoms with van der Waals surface area (Å²) in [6.07, 6.45) is -7.11. The van der Waals surface area contributed by atoms with E-state index in [0.29, 0.717) is 0 Å². The molecule has 1 N–H and O–H groups in total. The summed E-state index contributed by atoms with van der Waals surface area (Å²) in [5.41, 5.74) is 9.89. The average Bonchev–Trinajstić information content (AvgIpc) is 3.00. The lowest BCUT2D eigenvalue weighted by molar-refractivity contribution is -0.433. The van der Waals surface area contributed by atoms with Gasteiger partial charge in [0.1, 0.15) is 6.10 Å². The second kappa shape index (κ2) is 13.1. The summed E-state index contributed by atoms with van der Waals surface area (Å²) in [5, 5.41) is 14.8. The Morgan fingerprint density at radius 1 is 0.929 bits per heavy atom. The van der Waals surface area contributed by atoms with Gasteiger partial charge < -0.3 is 24.1 Å². The summed E-state index contributed by atoms with van der Waals surface area (Å²) in [6.45, 7) is 1.22. The standard InChI is InChI=1S/C28H27N3O10S/c1-18-13-15-21(16-14-18)42(35,36)41-25-24(39-27(33)20-11-7-4-8-12-20)23(38-26(32)19-9-5-3-6-10-19)22(17-30-31-29)40-28(25,34)37-2/h3-16,22-25,34H,17H2,1-2H3/t22-,23-,24+,25-,28+/m1/s1. The number of esters is 2. The second-order valence-corrected chi connectivity index (χ2v) is 10.7. The first-order chi connectivity index (χ1) is 20.1. The third kappa shape index (κ3) is 6.94. The van der Waals surface area contributed by atoms with Crippen LogP contribution in [0.4, 0.5) is 0 Å². The van der Waals surface area contributed by atoms with Gasteiger partial charge in [0.2, 0.25) is 0 Å². The Balaban J connectivity index is 1.81. The normalized spacial score (nSPS) is 23.8. The number of carbonyl (C=O) groups excluding carboxylic acids is 2. The van der Waals surface area contributed by atoms with Crippen molar-refractivity contribution < 1.29 is 46.2 Å². The number of hydrogen-bond acceptors (Lipinski definition) is 11. The van der Waals surface area contributed by atoms with Gasteiger partial charge in [-0.25, -0.2) is 9.59 Å². The van der Waals surface area contributed by atoms with Gasteiger partial charge in [0.15, 0.2) is 18.3 Å². The number of methoxy groups -OCH3 is 1. The Hall–Kier alpha value is -4.30. The monoisotopic (exact) mass is 597 g/mol. The Labute approximate surface area is 241 Å². The predicted molar refractivity (Wildman–Crippen MR) is 145 cm³/mol. The molecule has 42 heavy (non-hydrogen) atoms. The minimum atomic E-state index is -4.66. The highest BCUT2D eigenvalue weighted by Crippen LogP contribution is 2.37. The number of benzene rings is 3. The van der Waals surface area contributed by atoms with Crippen LogP contribution < -0.4 is 0 Å². The summed E-state index contributed by atoms with van der Waals surface area (Å²) in [6, 6.07) is 21.1. The Morgan fingerprint density at radius 2 is 1.45 bits per heavy atom. The maximum absolute atomic E-state index is 13.4. The molecule has 0 amide bonds. The number of hydrogen-bond donors (Lipinski definition) is 1. The van der Waals surface area contributed by atoms with Crippen molar-refractivity contribution in [2.75, 3.05) is 13.7 Å². The molecule has 0 spiro atoms. The molecule has 220 valence electrons. The molecule has 3 aromatic carbocycles. The fourth-order valence-electron chi connectivity index (χ4n) is 4.18. The molecule has 1 saturated heterocycles. The highest BCUT2D eigenvalue weighted by molar-refractivity contribution is 7.86. The molecule has 1 heterocycles. The second-order valence-electron chi connectivity index (χ2n) is 9.16. The van der Waals surface area contributed by atoms with E-state index < -0.39 is 59.0 Å². The third-order valence-electron chi connectivity index (χ3n) is 6.33. The van der Waals surface area contributed by atoms with Gasteiger partial charge in [-0.1, -0.05) is 59.2 Å². The predicted octanol–water partition coefficient (Wildman–Crippen LogP) is 3.52. The molecular weight excluding hydrogens is 570 g/mol. The van der Waals surface area contributed by atoms with Gasteiger partial charge >= 0.3 is 17.9 Å². The molecule has 4 rings (SSSR count). The third-order valence-corrected chi connectivity index (χ3v) is 7.64. The van der Waals surface area contributed by atoms with Crippen LogP contribution in [-0.2, 0) is 33.2 Å². The van der Waals surface area contributed by atoms with Crippen LogP contribution in [0.5, 0.6) is 0 Å². The molecule has 5 atom stereocenters. The van der Waals surface area contributed by atoms with E-state index in [-0.39, 0.29) is 16.0 Å². The molecular formula is C28H27N3O10S. The molecule has 0 bridgehead atoms. The lowest BCUT2D eigenvalue weighted by Crippen LogP contribution is -2.68. The van der Waals surface area contributed by atoms with E-state index in [2.05, 4.69) is 10.0 Å². The molecule has 1 aliphatic rings. The minimum absolute atomic E-state index is 0.0600. The minimum Gasteiger partial charge on any atom is -0.452 e. The van der Waals surface area contributed by atoms with Gasteiger partial charge in [0, 0.05) is 12.0 Å². The fourth-order valence-corrected chi connectivity index (χ4v) is 5.27. The molecule has 0 aromatic heterocycles. The number of nitrogens with zero attached hydrogens (tertiary/aromatic N) is 3. The first-order valence-electron chi connectivity index (χ1n) is 12.6. The maximum Gasteiger partial charge on any atom is 0.338 e. The van der Waals surface area contributed by atoms with Crippen LogP contribution in [0.2, 0.25) is 0 Å². The maximum atomic E-state index is 13.4. The molecule has 14 heteroatoms. The van der Waals surface area contributed by atoms with Crippen LogP contribution in [-0.4, -0.2) is 69.5 Å². The first-order valence-corrected chi connectivity index (χ1v) is 14.0. The van der Waals surface area contributed by atoms with Crippen LogP contribution in [0.15, 0.2) is 94.9 Å². The molecule has 0 saturated carbocycles. The van der Waals surface area contributed by atoms with E-state index in [1.54, 1.807) is 43.3 Å². The van der Waals surface area contributed by atoms with E-state index >= 15 is 0 Å². The summed E-state index contributed by atoms with van der Waals surface area (Å²) in [4.78, 5) is 28.8. The van der Waals surface area contributed by atoms with Crippen molar-refractivity contribution in [3.8, 4) is 0 Å². The van der Waals surface area contributed by atoms with Gasteiger partial charge in [0.05, 0.1) is 22.6 Å². The van der Waals surface area contributed by atoms with Crippen LogP contribution >= 0.6 is 0 Å². The SMILES string of the molecule is CO[C@]1(O)O[C@H](CN=[N+]=[N-])[C@@H](OC(=O)c2ccccc2)[C@H](OC(=O)c2ccccc2)[C@H]1OS(=O)(=O)c1ccc(C)cc1. The molecule has 0 aliphatic carbocycles. The van der Waals surface area contributed by atoms with Crippen molar-refractivity contribution in [2.45, 2.75) is 42.2 Å². The summed E-state index contributed by atoms with van der Waals surface area (Å²) in [5.74, 6) is -4.76. The van der Waals surface area contributed by atoms with Gasteiger partial charge in [-0.3, -0.25) is 4.18 Å². The Kier molecular flexibility index (Phi) is 9.58. The molecule has 1 aliphatic heterocycles. The van der Waals surface area contributed by atoms with Crippen molar-refractivity contribution in [3.63, 3.8) is 0 Å². The van der Waals surface area contributed by atoms with E-state index in [4.69, 9.17) is 28.7 Å². The topological polar surface area (TPSA) is 183 Å². The van der Waals surface area contributed by atoms with Crippen molar-refractivity contribution >= 4 is 22.1 Å². The van der Waals surface area contributed by atoms with Crippen LogP contribution in [0.1, 0.15) is 26.3 Å². The highest BCUT2D eigenvalue weighted by atomic mass is 32.2. The van der Waals surface area contributed by atoms with Crippen molar-refractivity contribution in [1.29, 1.82) is 0 Å². The van der Waals surface area contributed by atoms with Crippen LogP contribution in [0.25, 0.3) is 10.4 Å². The van der Waals surface area contributed by atoms with Crippen LogP contribution in [0, 0.1) is 6.92 Å². The lowest BCUT2D eigenvalue weighted by Gasteiger charge is -2.47. The van der Waals surface area contributed by atoms with E-state index in [9.17, 15) is 23.1 Å². The molecule has 0 unspecified atom stereocenters. The van der Waals surface area contributed by atoms with E-state index in [0.717, 1.165) is 12.7 Å². The lowest BCUT2D eigenvalue weighted by atomic mass is 9.96. The smallest absolute Gasteiger partial charge is 0.338 e. The van der Waals surface area contributed by atoms with E-state index in [1.165, 1.54) is 48.5 Å². The number of carbonyl (C=O) groups is 2.